The summed E-state index contributed by atoms with van der Waals surface area (Å²) in [6, 6.07) is 8.01. The smallest absolute Gasteiger partial charge is 0.224 e. The van der Waals surface area contributed by atoms with Crippen LogP contribution in [0.5, 0.6) is 0 Å². The third kappa shape index (κ3) is 6.17. The van der Waals surface area contributed by atoms with Gasteiger partial charge in [-0.15, -0.1) is 0 Å². The van der Waals surface area contributed by atoms with Crippen molar-refractivity contribution in [3.05, 3.63) is 34.9 Å². The van der Waals surface area contributed by atoms with Crippen LogP contribution >= 0.6 is 23.4 Å². The molecule has 2 fully saturated rings. The molecule has 0 bridgehead atoms. The zero-order chi connectivity index (χ0) is 18.2. The van der Waals surface area contributed by atoms with E-state index in [4.69, 9.17) is 11.6 Å². The summed E-state index contributed by atoms with van der Waals surface area (Å²) >= 11 is 8.33. The molecule has 2 aliphatic rings. The van der Waals surface area contributed by atoms with E-state index in [9.17, 15) is 4.79 Å². The first-order chi connectivity index (χ1) is 12.7. The van der Waals surface area contributed by atoms with E-state index in [2.05, 4.69) is 28.0 Å². The molecule has 1 aromatic carbocycles. The highest BCUT2D eigenvalue weighted by Crippen LogP contribution is 2.28. The number of thioether (sulfide) groups is 1. The maximum atomic E-state index is 12.5. The molecule has 1 aliphatic carbocycles. The van der Waals surface area contributed by atoms with E-state index >= 15 is 0 Å². The number of rotatable bonds is 7. The fourth-order valence-corrected chi connectivity index (χ4v) is 5.47. The Morgan fingerprint density at radius 3 is 2.77 bits per heavy atom. The molecular formula is C21H31ClN2OS. The van der Waals surface area contributed by atoms with Gasteiger partial charge in [-0.25, -0.2) is 0 Å². The van der Waals surface area contributed by atoms with Crippen molar-refractivity contribution < 1.29 is 4.79 Å². The molecule has 1 saturated heterocycles. The first-order valence-corrected chi connectivity index (χ1v) is 11.5. The van der Waals surface area contributed by atoms with Gasteiger partial charge in [0.25, 0.3) is 0 Å². The highest BCUT2D eigenvalue weighted by molar-refractivity contribution is 7.99. The summed E-state index contributed by atoms with van der Waals surface area (Å²) in [5, 5.41) is 4.81. The van der Waals surface area contributed by atoms with Crippen LogP contribution in [0.15, 0.2) is 24.3 Å². The zero-order valence-corrected chi connectivity index (χ0v) is 17.2. The number of nitrogens with one attached hydrogen (secondary N) is 1. The summed E-state index contributed by atoms with van der Waals surface area (Å²) in [6.45, 7) is 3.53. The molecule has 1 N–H and O–H groups in total. The van der Waals surface area contributed by atoms with Gasteiger partial charge in [0.1, 0.15) is 0 Å². The molecule has 1 amide bonds. The first kappa shape index (κ1) is 20.0. The number of hydrogen-bond acceptors (Lipinski definition) is 3. The molecule has 26 heavy (non-hydrogen) atoms. The molecule has 1 aromatic rings. The third-order valence-electron chi connectivity index (χ3n) is 5.54. The lowest BCUT2D eigenvalue weighted by Crippen LogP contribution is -2.43. The molecule has 1 saturated carbocycles. The van der Waals surface area contributed by atoms with Gasteiger partial charge < -0.3 is 5.32 Å². The Morgan fingerprint density at radius 2 is 1.96 bits per heavy atom. The van der Waals surface area contributed by atoms with Crippen molar-refractivity contribution >= 4 is 29.3 Å². The van der Waals surface area contributed by atoms with Gasteiger partial charge in [-0.2, -0.15) is 11.8 Å². The van der Waals surface area contributed by atoms with Crippen molar-refractivity contribution in [1.29, 1.82) is 0 Å². The monoisotopic (exact) mass is 394 g/mol. The minimum absolute atomic E-state index is 0.117. The number of carbonyl (C=O) groups excluding carboxylic acids is 1. The van der Waals surface area contributed by atoms with Crippen LogP contribution in [-0.4, -0.2) is 41.4 Å². The number of carbonyl (C=O) groups is 1. The second-order valence-corrected chi connectivity index (χ2v) is 9.40. The molecule has 0 radical (unpaired) electrons. The molecule has 0 spiro atoms. The summed E-state index contributed by atoms with van der Waals surface area (Å²) in [6.07, 6.45) is 8.97. The van der Waals surface area contributed by atoms with Crippen molar-refractivity contribution in [3.8, 4) is 0 Å². The van der Waals surface area contributed by atoms with E-state index in [1.54, 1.807) is 0 Å². The number of piperidine rings is 1. The van der Waals surface area contributed by atoms with E-state index < -0.39 is 0 Å². The highest BCUT2D eigenvalue weighted by atomic mass is 35.5. The van der Waals surface area contributed by atoms with Crippen LogP contribution in [0, 0.1) is 5.92 Å². The predicted molar refractivity (Wildman–Crippen MR) is 112 cm³/mol. The second-order valence-electron chi connectivity index (χ2n) is 7.59. The Morgan fingerprint density at radius 1 is 1.15 bits per heavy atom. The number of halogens is 1. The van der Waals surface area contributed by atoms with E-state index in [0.717, 1.165) is 60.6 Å². The number of benzene rings is 1. The molecule has 0 aromatic heterocycles. The van der Waals surface area contributed by atoms with Gasteiger partial charge in [0, 0.05) is 35.7 Å². The van der Waals surface area contributed by atoms with Crippen LogP contribution in [0.2, 0.25) is 5.02 Å². The van der Waals surface area contributed by atoms with Gasteiger partial charge in [0.15, 0.2) is 0 Å². The third-order valence-corrected chi connectivity index (χ3v) is 7.29. The van der Waals surface area contributed by atoms with E-state index in [1.807, 2.05) is 18.2 Å². The molecular weight excluding hydrogens is 364 g/mol. The Kier molecular flexibility index (Phi) is 8.15. The fourth-order valence-electron chi connectivity index (χ4n) is 4.06. The summed E-state index contributed by atoms with van der Waals surface area (Å²) in [7, 11) is 0. The molecule has 5 heteroatoms. The first-order valence-electron chi connectivity index (χ1n) is 10.1. The predicted octanol–water partition coefficient (Wildman–Crippen LogP) is 4.73. The Labute approximate surface area is 167 Å². The minimum atomic E-state index is 0.117. The van der Waals surface area contributed by atoms with Gasteiger partial charge >= 0.3 is 0 Å². The standard InChI is InChI=1S/C21H31ClN2OS/c22-20-11-5-4-7-17(20)15-24-13-6-8-18(16-24)21(25)23-12-14-26-19-9-2-1-3-10-19/h4-5,7,11,18-19H,1-3,6,8-10,12-16H2,(H,23,25)/t18-/m0/s1. The summed E-state index contributed by atoms with van der Waals surface area (Å²) < 4.78 is 0. The second kappa shape index (κ2) is 10.6. The molecule has 1 atom stereocenters. The van der Waals surface area contributed by atoms with Gasteiger partial charge in [-0.1, -0.05) is 49.1 Å². The lowest BCUT2D eigenvalue weighted by Gasteiger charge is -2.32. The van der Waals surface area contributed by atoms with Gasteiger partial charge in [-0.05, 0) is 43.9 Å². The quantitative estimate of drug-likeness (QED) is 0.678. The lowest BCUT2D eigenvalue weighted by molar-refractivity contribution is -0.126. The van der Waals surface area contributed by atoms with Crippen molar-refractivity contribution in [2.45, 2.75) is 56.7 Å². The average molecular weight is 395 g/mol. The van der Waals surface area contributed by atoms with Crippen LogP contribution < -0.4 is 5.32 Å². The van der Waals surface area contributed by atoms with Crippen molar-refractivity contribution in [2.24, 2.45) is 5.92 Å². The van der Waals surface area contributed by atoms with E-state index in [1.165, 1.54) is 32.1 Å². The van der Waals surface area contributed by atoms with Gasteiger partial charge in [0.05, 0.1) is 5.92 Å². The molecule has 3 rings (SSSR count). The van der Waals surface area contributed by atoms with Crippen molar-refractivity contribution in [1.82, 2.24) is 10.2 Å². The number of nitrogens with zero attached hydrogens (tertiary/aromatic N) is 1. The van der Waals surface area contributed by atoms with Gasteiger partial charge in [-0.3, -0.25) is 9.69 Å². The van der Waals surface area contributed by atoms with Crippen LogP contribution in [-0.2, 0) is 11.3 Å². The molecule has 3 nitrogen and oxygen atoms in total. The summed E-state index contributed by atoms with van der Waals surface area (Å²) in [5.41, 5.74) is 1.15. The average Bonchev–Trinajstić information content (AvgIpc) is 2.68. The largest absolute Gasteiger partial charge is 0.355 e. The summed E-state index contributed by atoms with van der Waals surface area (Å²) in [5.74, 6) is 1.40. The molecule has 144 valence electrons. The Hall–Kier alpha value is -0.710. The number of likely N-dealkylation sites (tertiary alicyclic amines) is 1. The van der Waals surface area contributed by atoms with Crippen LogP contribution in [0.4, 0.5) is 0 Å². The fraction of sp³-hybridized carbons (Fsp3) is 0.667. The highest BCUT2D eigenvalue weighted by Gasteiger charge is 2.26. The van der Waals surface area contributed by atoms with E-state index in [0.29, 0.717) is 0 Å². The molecule has 0 unspecified atom stereocenters. The normalized spacial score (nSPS) is 22.3. The number of amides is 1. The van der Waals surface area contributed by atoms with E-state index in [-0.39, 0.29) is 11.8 Å². The molecule has 1 heterocycles. The maximum Gasteiger partial charge on any atom is 0.224 e. The van der Waals surface area contributed by atoms with Crippen LogP contribution in [0.25, 0.3) is 0 Å². The van der Waals surface area contributed by atoms with Crippen LogP contribution in [0.3, 0.4) is 0 Å². The van der Waals surface area contributed by atoms with Crippen LogP contribution in [0.1, 0.15) is 50.5 Å². The zero-order valence-electron chi connectivity index (χ0n) is 15.6. The molecule has 1 aliphatic heterocycles. The summed E-state index contributed by atoms with van der Waals surface area (Å²) in [4.78, 5) is 14.9. The lowest BCUT2D eigenvalue weighted by atomic mass is 9.96. The van der Waals surface area contributed by atoms with Gasteiger partial charge in [0.2, 0.25) is 5.91 Å². The topological polar surface area (TPSA) is 32.3 Å². The number of hydrogen-bond donors (Lipinski definition) is 1. The SMILES string of the molecule is O=C(NCCSC1CCCCC1)[C@H]1CCCN(Cc2ccccc2Cl)C1. The minimum Gasteiger partial charge on any atom is -0.355 e. The maximum absolute atomic E-state index is 12.5. The Balaban J connectivity index is 1.38. The van der Waals surface area contributed by atoms with Crippen molar-refractivity contribution in [3.63, 3.8) is 0 Å². The Bertz CT molecular complexity index is 577. The van der Waals surface area contributed by atoms with Crippen molar-refractivity contribution in [2.75, 3.05) is 25.4 Å².